The average molecular weight is 310 g/mol. The van der Waals surface area contributed by atoms with Crippen molar-refractivity contribution in [2.24, 2.45) is 0 Å². The Morgan fingerprint density at radius 2 is 2.05 bits per heavy atom. The number of halogens is 2. The number of nitro benzene ring substituents is 1. The fourth-order valence-electron chi connectivity index (χ4n) is 1.59. The minimum Gasteiger partial charge on any atom is -0.485 e. The van der Waals surface area contributed by atoms with Gasteiger partial charge in [-0.05, 0) is 12.1 Å². The minimum atomic E-state index is -0.589. The molecular weight excluding hydrogens is 301 g/mol. The lowest BCUT2D eigenvalue weighted by Gasteiger charge is -2.06. The lowest BCUT2D eigenvalue weighted by Crippen LogP contribution is -2.11. The molecule has 0 aromatic heterocycles. The van der Waals surface area contributed by atoms with Crippen molar-refractivity contribution in [3.63, 3.8) is 0 Å². The number of non-ortho nitro benzene ring substituents is 1. The molecule has 0 bridgehead atoms. The number of hydrogen-bond donors (Lipinski definition) is 0. The van der Waals surface area contributed by atoms with Gasteiger partial charge in [-0.3, -0.25) is 14.9 Å². The molecule has 2 aromatic rings. The summed E-state index contributed by atoms with van der Waals surface area (Å²) in [6.45, 7) is -0.330. The second kappa shape index (κ2) is 6.32. The van der Waals surface area contributed by atoms with E-state index in [-0.39, 0.29) is 28.6 Å². The van der Waals surface area contributed by atoms with Gasteiger partial charge in [0.2, 0.25) is 0 Å². The Morgan fingerprint density at radius 1 is 1.29 bits per heavy atom. The van der Waals surface area contributed by atoms with Crippen molar-refractivity contribution < 1.29 is 18.8 Å². The number of carbonyl (C=O) groups excluding carboxylic acids is 1. The largest absolute Gasteiger partial charge is 0.485 e. The van der Waals surface area contributed by atoms with Crippen LogP contribution in [0.2, 0.25) is 5.02 Å². The summed E-state index contributed by atoms with van der Waals surface area (Å²) in [5.74, 6) is -0.784. The predicted octanol–water partition coefficient (Wildman–Crippen LogP) is 3.65. The van der Waals surface area contributed by atoms with Crippen LogP contribution >= 0.6 is 11.6 Å². The molecule has 0 fully saturated rings. The maximum atomic E-state index is 13.0. The Kier molecular flexibility index (Phi) is 4.49. The minimum absolute atomic E-state index is 0.115. The van der Waals surface area contributed by atoms with Gasteiger partial charge in [-0.2, -0.15) is 0 Å². The molecule has 0 unspecified atom stereocenters. The summed E-state index contributed by atoms with van der Waals surface area (Å²) in [5.41, 5.74) is -0.0110. The van der Waals surface area contributed by atoms with Gasteiger partial charge < -0.3 is 4.74 Å². The molecule has 0 aliphatic heterocycles. The number of hydrogen-bond acceptors (Lipinski definition) is 4. The molecule has 0 saturated heterocycles. The molecule has 0 radical (unpaired) electrons. The number of ether oxygens (including phenoxy) is 1. The first-order valence-corrected chi connectivity index (χ1v) is 6.20. The van der Waals surface area contributed by atoms with Crippen molar-refractivity contribution in [3.05, 3.63) is 69.0 Å². The Balaban J connectivity index is 2.06. The Bertz CT molecular complexity index is 705. The van der Waals surface area contributed by atoms with Gasteiger partial charge in [0.15, 0.2) is 12.4 Å². The average Bonchev–Trinajstić information content (AvgIpc) is 2.48. The molecule has 2 rings (SSSR count). The van der Waals surface area contributed by atoms with E-state index in [1.54, 1.807) is 0 Å². The molecule has 2 aromatic carbocycles. The highest BCUT2D eigenvalue weighted by atomic mass is 35.5. The van der Waals surface area contributed by atoms with Crippen LogP contribution in [-0.4, -0.2) is 17.3 Å². The predicted molar refractivity (Wildman–Crippen MR) is 74.3 cm³/mol. The first-order valence-electron chi connectivity index (χ1n) is 5.83. The third-order valence-corrected chi connectivity index (χ3v) is 2.93. The fraction of sp³-hybridized carbons (Fsp3) is 0.0714. The van der Waals surface area contributed by atoms with Crippen LogP contribution in [0.5, 0.6) is 5.75 Å². The number of rotatable bonds is 5. The van der Waals surface area contributed by atoms with Crippen LogP contribution in [-0.2, 0) is 0 Å². The van der Waals surface area contributed by atoms with E-state index in [9.17, 15) is 19.3 Å². The number of Topliss-reactive ketones (excluding diaryl/α,β-unsaturated/α-hetero) is 1. The zero-order valence-corrected chi connectivity index (χ0v) is 11.3. The van der Waals surface area contributed by atoms with E-state index in [4.69, 9.17) is 16.3 Å². The molecule has 7 heteroatoms. The summed E-state index contributed by atoms with van der Waals surface area (Å²) in [6, 6.07) is 9.03. The molecule has 108 valence electrons. The monoisotopic (exact) mass is 309 g/mol. The first-order chi connectivity index (χ1) is 9.97. The van der Waals surface area contributed by atoms with E-state index < -0.39 is 16.5 Å². The molecular formula is C14H9ClFNO4. The summed E-state index contributed by atoms with van der Waals surface area (Å²) >= 11 is 5.59. The highest BCUT2D eigenvalue weighted by Crippen LogP contribution is 2.21. The van der Waals surface area contributed by atoms with E-state index in [1.807, 2.05) is 0 Å². The summed E-state index contributed by atoms with van der Waals surface area (Å²) < 4.78 is 18.2. The lowest BCUT2D eigenvalue weighted by molar-refractivity contribution is -0.384. The van der Waals surface area contributed by atoms with E-state index >= 15 is 0 Å². The highest BCUT2D eigenvalue weighted by molar-refractivity contribution is 6.30. The van der Waals surface area contributed by atoms with E-state index in [1.165, 1.54) is 36.4 Å². The number of ketones is 1. The highest BCUT2D eigenvalue weighted by Gasteiger charge is 2.12. The van der Waals surface area contributed by atoms with Gasteiger partial charge in [-0.25, -0.2) is 4.39 Å². The molecule has 0 aliphatic rings. The first kappa shape index (κ1) is 14.9. The Labute approximate surface area is 124 Å². The fourth-order valence-corrected chi connectivity index (χ4v) is 1.76. The summed E-state index contributed by atoms with van der Waals surface area (Å²) in [5, 5.41) is 10.5. The van der Waals surface area contributed by atoms with Crippen LogP contribution in [0.25, 0.3) is 0 Å². The van der Waals surface area contributed by atoms with Crippen LogP contribution < -0.4 is 4.74 Å². The molecule has 0 aliphatic carbocycles. The van der Waals surface area contributed by atoms with Gasteiger partial charge in [-0.15, -0.1) is 0 Å². The number of nitrogens with zero attached hydrogens (tertiary/aromatic N) is 1. The number of benzene rings is 2. The van der Waals surface area contributed by atoms with Gasteiger partial charge >= 0.3 is 0 Å². The normalized spacial score (nSPS) is 10.2. The number of carbonyl (C=O) groups is 1. The van der Waals surface area contributed by atoms with Crippen LogP contribution in [0.15, 0.2) is 42.5 Å². The van der Waals surface area contributed by atoms with Crippen molar-refractivity contribution in [2.45, 2.75) is 0 Å². The van der Waals surface area contributed by atoms with E-state index in [0.717, 1.165) is 6.07 Å². The second-order valence-electron chi connectivity index (χ2n) is 4.10. The quantitative estimate of drug-likeness (QED) is 0.480. The van der Waals surface area contributed by atoms with Crippen LogP contribution in [0.1, 0.15) is 10.4 Å². The lowest BCUT2D eigenvalue weighted by atomic mass is 10.1. The Hall–Kier alpha value is -2.47. The summed E-state index contributed by atoms with van der Waals surface area (Å²) in [4.78, 5) is 21.9. The van der Waals surface area contributed by atoms with Gasteiger partial charge in [0, 0.05) is 23.8 Å². The smallest absolute Gasteiger partial charge is 0.270 e. The molecule has 21 heavy (non-hydrogen) atoms. The zero-order valence-electron chi connectivity index (χ0n) is 10.6. The van der Waals surface area contributed by atoms with Crippen molar-refractivity contribution in [3.8, 4) is 5.75 Å². The van der Waals surface area contributed by atoms with Crippen molar-refractivity contribution in [1.29, 1.82) is 0 Å². The third kappa shape index (κ3) is 3.76. The summed E-state index contributed by atoms with van der Waals surface area (Å²) in [7, 11) is 0. The van der Waals surface area contributed by atoms with Gasteiger partial charge in [0.05, 0.1) is 9.95 Å². The molecule has 0 atom stereocenters. The maximum absolute atomic E-state index is 13.0. The molecule has 5 nitrogen and oxygen atoms in total. The van der Waals surface area contributed by atoms with Crippen LogP contribution in [0.4, 0.5) is 10.1 Å². The van der Waals surface area contributed by atoms with Gasteiger partial charge in [-0.1, -0.05) is 23.7 Å². The van der Waals surface area contributed by atoms with Crippen molar-refractivity contribution >= 4 is 23.1 Å². The van der Waals surface area contributed by atoms with Gasteiger partial charge in [0.1, 0.15) is 11.6 Å². The molecule has 0 saturated carbocycles. The Morgan fingerprint density at radius 3 is 2.71 bits per heavy atom. The van der Waals surface area contributed by atoms with E-state index in [2.05, 4.69) is 0 Å². The molecule has 0 spiro atoms. The van der Waals surface area contributed by atoms with Crippen LogP contribution in [0, 0.1) is 15.9 Å². The topological polar surface area (TPSA) is 69.4 Å². The van der Waals surface area contributed by atoms with Crippen LogP contribution in [0.3, 0.4) is 0 Å². The summed E-state index contributed by atoms with van der Waals surface area (Å²) in [6.07, 6.45) is 0. The second-order valence-corrected chi connectivity index (χ2v) is 4.50. The standard InChI is InChI=1S/C14H9ClFNO4/c15-12-7-11(4-5-13(12)16)21-8-14(18)9-2-1-3-10(6-9)17(19)20/h1-7H,8H2. The van der Waals surface area contributed by atoms with Crippen molar-refractivity contribution in [2.75, 3.05) is 6.61 Å². The zero-order chi connectivity index (χ0) is 15.4. The molecule has 0 N–H and O–H groups in total. The van der Waals surface area contributed by atoms with E-state index in [0.29, 0.717) is 0 Å². The number of nitro groups is 1. The van der Waals surface area contributed by atoms with Crippen molar-refractivity contribution in [1.82, 2.24) is 0 Å². The molecule has 0 heterocycles. The SMILES string of the molecule is O=C(COc1ccc(F)c(Cl)c1)c1cccc([N+](=O)[O-])c1. The molecule has 0 amide bonds. The third-order valence-electron chi connectivity index (χ3n) is 2.64. The van der Waals surface area contributed by atoms with Gasteiger partial charge in [0.25, 0.3) is 5.69 Å². The maximum Gasteiger partial charge on any atom is 0.270 e.